The molecule has 1 aliphatic rings. The highest BCUT2D eigenvalue weighted by Gasteiger charge is 2.37. The molecule has 0 spiro atoms. The highest BCUT2D eigenvalue weighted by molar-refractivity contribution is 5.19. The molecule has 0 aliphatic carbocycles. The molecule has 1 fully saturated rings. The molecule has 76 valence electrons. The van der Waals surface area contributed by atoms with E-state index in [9.17, 15) is 0 Å². The lowest BCUT2D eigenvalue weighted by Crippen LogP contribution is -2.65. The number of nitrogens with two attached hydrogens (primary N) is 1. The van der Waals surface area contributed by atoms with Crippen LogP contribution in [0.1, 0.15) is 25.5 Å². The normalized spacial score (nSPS) is 22.8. The minimum Gasteiger partial charge on any atom is -0.323 e. The molecule has 0 amide bonds. The Balaban J connectivity index is 2.01. The van der Waals surface area contributed by atoms with Crippen LogP contribution in [-0.4, -0.2) is 23.5 Å². The number of rotatable bonds is 2. The zero-order valence-corrected chi connectivity index (χ0v) is 8.90. The van der Waals surface area contributed by atoms with Crippen molar-refractivity contribution in [3.05, 3.63) is 35.9 Å². The Labute approximate surface area is 85.7 Å². The molecule has 1 heterocycles. The highest BCUT2D eigenvalue weighted by Crippen LogP contribution is 2.28. The number of hydrogen-bond donors (Lipinski definition) is 1. The Morgan fingerprint density at radius 2 is 1.86 bits per heavy atom. The molecule has 1 saturated heterocycles. The van der Waals surface area contributed by atoms with Crippen molar-refractivity contribution in [1.82, 2.24) is 4.90 Å². The second-order valence-electron chi connectivity index (χ2n) is 4.65. The molecule has 0 saturated carbocycles. The molecule has 1 aliphatic heterocycles. The van der Waals surface area contributed by atoms with Gasteiger partial charge in [0.15, 0.2) is 0 Å². The van der Waals surface area contributed by atoms with E-state index in [4.69, 9.17) is 5.73 Å². The lowest BCUT2D eigenvalue weighted by atomic mass is 9.90. The SMILES string of the molecule is CC(c1ccccc1)N1CC(C)(N)C1. The first-order chi connectivity index (χ1) is 6.58. The molecule has 1 unspecified atom stereocenters. The van der Waals surface area contributed by atoms with E-state index < -0.39 is 0 Å². The summed E-state index contributed by atoms with van der Waals surface area (Å²) in [4.78, 5) is 2.41. The van der Waals surface area contributed by atoms with Crippen LogP contribution in [0.2, 0.25) is 0 Å². The van der Waals surface area contributed by atoms with E-state index in [0.29, 0.717) is 6.04 Å². The van der Waals surface area contributed by atoms with Gasteiger partial charge in [-0.05, 0) is 19.4 Å². The number of nitrogens with zero attached hydrogens (tertiary/aromatic N) is 1. The summed E-state index contributed by atoms with van der Waals surface area (Å²) in [5.74, 6) is 0. The minimum atomic E-state index is 0.0308. The van der Waals surface area contributed by atoms with Crippen LogP contribution in [0.25, 0.3) is 0 Å². The standard InChI is InChI=1S/C12H18N2/c1-10(11-6-4-3-5-7-11)14-8-12(2,13)9-14/h3-7,10H,8-9,13H2,1-2H3. The first kappa shape index (κ1) is 9.69. The van der Waals surface area contributed by atoms with Gasteiger partial charge in [0.1, 0.15) is 0 Å². The zero-order valence-electron chi connectivity index (χ0n) is 8.90. The van der Waals surface area contributed by atoms with Crippen LogP contribution in [0.4, 0.5) is 0 Å². The number of benzene rings is 1. The van der Waals surface area contributed by atoms with Crippen molar-refractivity contribution in [2.75, 3.05) is 13.1 Å². The molecule has 0 radical (unpaired) electrons. The first-order valence-electron chi connectivity index (χ1n) is 5.16. The maximum atomic E-state index is 5.99. The predicted octanol–water partition coefficient (Wildman–Crippen LogP) is 1.78. The lowest BCUT2D eigenvalue weighted by molar-refractivity contribution is 0.0461. The molecule has 14 heavy (non-hydrogen) atoms. The van der Waals surface area contributed by atoms with Crippen molar-refractivity contribution in [3.63, 3.8) is 0 Å². The molecule has 2 heteroatoms. The third kappa shape index (κ3) is 1.81. The van der Waals surface area contributed by atoms with Gasteiger partial charge < -0.3 is 5.73 Å². The van der Waals surface area contributed by atoms with Gasteiger partial charge in [0.2, 0.25) is 0 Å². The maximum absolute atomic E-state index is 5.99. The summed E-state index contributed by atoms with van der Waals surface area (Å²) >= 11 is 0. The largest absolute Gasteiger partial charge is 0.323 e. The van der Waals surface area contributed by atoms with Crippen LogP contribution in [0.5, 0.6) is 0 Å². The van der Waals surface area contributed by atoms with Crippen LogP contribution in [0, 0.1) is 0 Å². The van der Waals surface area contributed by atoms with E-state index in [1.165, 1.54) is 5.56 Å². The van der Waals surface area contributed by atoms with Gasteiger partial charge in [-0.3, -0.25) is 4.90 Å². The fourth-order valence-corrected chi connectivity index (χ4v) is 2.10. The van der Waals surface area contributed by atoms with Crippen molar-refractivity contribution in [1.29, 1.82) is 0 Å². The third-order valence-corrected chi connectivity index (χ3v) is 2.96. The average molecular weight is 190 g/mol. The molecule has 2 rings (SSSR count). The predicted molar refractivity (Wildman–Crippen MR) is 59.0 cm³/mol. The van der Waals surface area contributed by atoms with E-state index in [0.717, 1.165) is 13.1 Å². The van der Waals surface area contributed by atoms with Crippen LogP contribution < -0.4 is 5.73 Å². The summed E-state index contributed by atoms with van der Waals surface area (Å²) in [6, 6.07) is 11.1. The van der Waals surface area contributed by atoms with Crippen LogP contribution in [0.15, 0.2) is 30.3 Å². The zero-order chi connectivity index (χ0) is 10.2. The van der Waals surface area contributed by atoms with Crippen molar-refractivity contribution in [3.8, 4) is 0 Å². The Bertz CT molecular complexity index is 297. The second kappa shape index (κ2) is 3.37. The molecule has 0 bridgehead atoms. The van der Waals surface area contributed by atoms with E-state index in [1.54, 1.807) is 0 Å². The Kier molecular flexibility index (Phi) is 2.33. The second-order valence-corrected chi connectivity index (χ2v) is 4.65. The van der Waals surface area contributed by atoms with E-state index in [1.807, 2.05) is 0 Å². The maximum Gasteiger partial charge on any atom is 0.0384 e. The van der Waals surface area contributed by atoms with E-state index in [2.05, 4.69) is 49.1 Å². The van der Waals surface area contributed by atoms with Crippen LogP contribution in [-0.2, 0) is 0 Å². The van der Waals surface area contributed by atoms with Gasteiger partial charge in [0, 0.05) is 24.7 Å². The molecule has 2 nitrogen and oxygen atoms in total. The Morgan fingerprint density at radius 3 is 2.36 bits per heavy atom. The van der Waals surface area contributed by atoms with E-state index >= 15 is 0 Å². The summed E-state index contributed by atoms with van der Waals surface area (Å²) in [7, 11) is 0. The minimum absolute atomic E-state index is 0.0308. The summed E-state index contributed by atoms with van der Waals surface area (Å²) in [5, 5.41) is 0. The molecule has 1 atom stereocenters. The van der Waals surface area contributed by atoms with Gasteiger partial charge in [-0.2, -0.15) is 0 Å². The van der Waals surface area contributed by atoms with Crippen molar-refractivity contribution in [2.24, 2.45) is 5.73 Å². The van der Waals surface area contributed by atoms with Gasteiger partial charge in [0.25, 0.3) is 0 Å². The van der Waals surface area contributed by atoms with Crippen molar-refractivity contribution < 1.29 is 0 Å². The number of hydrogen-bond acceptors (Lipinski definition) is 2. The van der Waals surface area contributed by atoms with Crippen molar-refractivity contribution in [2.45, 2.75) is 25.4 Å². The van der Waals surface area contributed by atoms with Crippen LogP contribution >= 0.6 is 0 Å². The molecule has 2 N–H and O–H groups in total. The monoisotopic (exact) mass is 190 g/mol. The molecular formula is C12H18N2. The smallest absolute Gasteiger partial charge is 0.0384 e. The third-order valence-electron chi connectivity index (χ3n) is 2.96. The Morgan fingerprint density at radius 1 is 1.29 bits per heavy atom. The fraction of sp³-hybridized carbons (Fsp3) is 0.500. The Hall–Kier alpha value is -0.860. The number of likely N-dealkylation sites (tertiary alicyclic amines) is 1. The molecule has 1 aromatic carbocycles. The van der Waals surface area contributed by atoms with Gasteiger partial charge in [0.05, 0.1) is 0 Å². The summed E-state index contributed by atoms with van der Waals surface area (Å²) in [6.45, 7) is 6.36. The average Bonchev–Trinajstić information content (AvgIpc) is 2.14. The van der Waals surface area contributed by atoms with Gasteiger partial charge in [-0.15, -0.1) is 0 Å². The lowest BCUT2D eigenvalue weighted by Gasteiger charge is -2.48. The summed E-state index contributed by atoms with van der Waals surface area (Å²) < 4.78 is 0. The topological polar surface area (TPSA) is 29.3 Å². The van der Waals surface area contributed by atoms with Crippen LogP contribution in [0.3, 0.4) is 0 Å². The highest BCUT2D eigenvalue weighted by atomic mass is 15.3. The van der Waals surface area contributed by atoms with Gasteiger partial charge >= 0.3 is 0 Å². The van der Waals surface area contributed by atoms with E-state index in [-0.39, 0.29) is 5.54 Å². The first-order valence-corrected chi connectivity index (χ1v) is 5.16. The summed E-state index contributed by atoms with van der Waals surface area (Å²) in [6.07, 6.45) is 0. The summed E-state index contributed by atoms with van der Waals surface area (Å²) in [5.41, 5.74) is 7.39. The molecule has 0 aromatic heterocycles. The van der Waals surface area contributed by atoms with Crippen molar-refractivity contribution >= 4 is 0 Å². The van der Waals surface area contributed by atoms with Gasteiger partial charge in [-0.1, -0.05) is 30.3 Å². The molecule has 1 aromatic rings. The molecular weight excluding hydrogens is 172 g/mol. The van der Waals surface area contributed by atoms with Gasteiger partial charge in [-0.25, -0.2) is 0 Å². The fourth-order valence-electron chi connectivity index (χ4n) is 2.10. The quantitative estimate of drug-likeness (QED) is 0.770.